The van der Waals surface area contributed by atoms with Crippen LogP contribution < -0.4 is 5.73 Å². The number of para-hydroxylation sites is 1. The van der Waals surface area contributed by atoms with Crippen molar-refractivity contribution in [3.8, 4) is 0 Å². The molecule has 0 spiro atoms. The van der Waals surface area contributed by atoms with Crippen LogP contribution in [0.15, 0.2) is 34.7 Å². The first kappa shape index (κ1) is 11.9. The number of rotatable bonds is 4. The van der Waals surface area contributed by atoms with E-state index >= 15 is 0 Å². The Morgan fingerprint density at radius 3 is 2.76 bits per heavy atom. The Kier molecular flexibility index (Phi) is 3.29. The minimum absolute atomic E-state index is 0.115. The predicted octanol–water partition coefficient (Wildman–Crippen LogP) is 2.99. The molecule has 2 atom stereocenters. The third-order valence-corrected chi connectivity index (χ3v) is 3.23. The van der Waals surface area contributed by atoms with Crippen LogP contribution >= 0.6 is 0 Å². The lowest BCUT2D eigenvalue weighted by atomic mass is 9.95. The van der Waals surface area contributed by atoms with E-state index in [0.29, 0.717) is 5.76 Å². The molecule has 0 bridgehead atoms. The minimum Gasteiger partial charge on any atom is -0.453 e. The van der Waals surface area contributed by atoms with Crippen LogP contribution in [0.1, 0.15) is 30.8 Å². The summed E-state index contributed by atoms with van der Waals surface area (Å²) in [5, 5.41) is 0.937. The Labute approximate surface area is 101 Å². The fourth-order valence-electron chi connectivity index (χ4n) is 1.78. The molecule has 0 saturated heterocycles. The second kappa shape index (κ2) is 4.72. The van der Waals surface area contributed by atoms with Gasteiger partial charge >= 0.3 is 0 Å². The standard InChI is InChI=1S/C14H17NO2/c1-3-9(2)13(15)14(16)12-8-10-6-4-5-7-11(10)17-12/h4-9,13H,3,15H2,1-2H3. The number of Topliss-reactive ketones (excluding diaryl/α,β-unsaturated/α-hetero) is 1. The lowest BCUT2D eigenvalue weighted by Gasteiger charge is -2.15. The van der Waals surface area contributed by atoms with E-state index in [0.717, 1.165) is 17.4 Å². The summed E-state index contributed by atoms with van der Waals surface area (Å²) in [5.41, 5.74) is 6.64. The van der Waals surface area contributed by atoms with Gasteiger partial charge in [-0.05, 0) is 18.1 Å². The van der Waals surface area contributed by atoms with E-state index in [2.05, 4.69) is 0 Å². The Hall–Kier alpha value is -1.61. The van der Waals surface area contributed by atoms with Crippen molar-refractivity contribution in [1.82, 2.24) is 0 Å². The Morgan fingerprint density at radius 1 is 1.41 bits per heavy atom. The summed E-state index contributed by atoms with van der Waals surface area (Å²) < 4.78 is 5.52. The van der Waals surface area contributed by atoms with Gasteiger partial charge in [0.1, 0.15) is 5.58 Å². The number of carbonyl (C=O) groups excluding carboxylic acids is 1. The lowest BCUT2D eigenvalue weighted by molar-refractivity contribution is 0.0909. The zero-order valence-electron chi connectivity index (χ0n) is 10.1. The molecule has 90 valence electrons. The topological polar surface area (TPSA) is 56.2 Å². The summed E-state index contributed by atoms with van der Waals surface area (Å²) in [4.78, 5) is 12.1. The molecular weight excluding hydrogens is 214 g/mol. The van der Waals surface area contributed by atoms with Crippen molar-refractivity contribution >= 4 is 16.8 Å². The Morgan fingerprint density at radius 2 is 2.12 bits per heavy atom. The van der Waals surface area contributed by atoms with E-state index in [4.69, 9.17) is 10.2 Å². The quantitative estimate of drug-likeness (QED) is 0.823. The highest BCUT2D eigenvalue weighted by molar-refractivity contribution is 6.00. The van der Waals surface area contributed by atoms with Crippen LogP contribution in [0, 0.1) is 5.92 Å². The highest BCUT2D eigenvalue weighted by Gasteiger charge is 2.23. The van der Waals surface area contributed by atoms with Crippen LogP contribution in [0.4, 0.5) is 0 Å². The van der Waals surface area contributed by atoms with Gasteiger partial charge in [-0.3, -0.25) is 4.79 Å². The van der Waals surface area contributed by atoms with Crippen LogP contribution in [0.3, 0.4) is 0 Å². The molecule has 2 aromatic rings. The molecule has 1 aromatic carbocycles. The molecule has 0 aliphatic rings. The third kappa shape index (κ3) is 2.24. The van der Waals surface area contributed by atoms with Crippen LogP contribution in [0.2, 0.25) is 0 Å². The Bertz CT molecular complexity index is 497. The van der Waals surface area contributed by atoms with Crippen molar-refractivity contribution in [2.45, 2.75) is 26.3 Å². The number of fused-ring (bicyclic) bond motifs is 1. The van der Waals surface area contributed by atoms with Crippen molar-refractivity contribution in [3.63, 3.8) is 0 Å². The SMILES string of the molecule is CCC(C)C(N)C(=O)c1cc2ccccc2o1. The number of hydrogen-bond acceptors (Lipinski definition) is 3. The second-order valence-electron chi connectivity index (χ2n) is 4.42. The predicted molar refractivity (Wildman–Crippen MR) is 68.0 cm³/mol. The van der Waals surface area contributed by atoms with Crippen LogP contribution in [-0.4, -0.2) is 11.8 Å². The molecule has 2 unspecified atom stereocenters. The van der Waals surface area contributed by atoms with Gasteiger partial charge in [-0.15, -0.1) is 0 Å². The third-order valence-electron chi connectivity index (χ3n) is 3.23. The molecule has 0 saturated carbocycles. The number of ketones is 1. The summed E-state index contributed by atoms with van der Waals surface area (Å²) >= 11 is 0. The van der Waals surface area contributed by atoms with E-state index in [9.17, 15) is 4.79 Å². The first-order valence-electron chi connectivity index (χ1n) is 5.92. The molecule has 0 aliphatic heterocycles. The van der Waals surface area contributed by atoms with Gasteiger partial charge < -0.3 is 10.2 Å². The average molecular weight is 231 g/mol. The molecule has 2 rings (SSSR count). The molecule has 1 aromatic heterocycles. The number of furan rings is 1. The second-order valence-corrected chi connectivity index (χ2v) is 4.42. The van der Waals surface area contributed by atoms with Gasteiger partial charge in [-0.1, -0.05) is 38.5 Å². The van der Waals surface area contributed by atoms with E-state index in [1.807, 2.05) is 38.1 Å². The van der Waals surface area contributed by atoms with Gasteiger partial charge in [0.25, 0.3) is 0 Å². The summed E-state index contributed by atoms with van der Waals surface area (Å²) in [7, 11) is 0. The highest BCUT2D eigenvalue weighted by Crippen LogP contribution is 2.21. The first-order chi connectivity index (χ1) is 8.13. The number of hydrogen-bond donors (Lipinski definition) is 1. The maximum atomic E-state index is 12.1. The molecule has 0 fully saturated rings. The smallest absolute Gasteiger partial charge is 0.214 e. The van der Waals surface area contributed by atoms with Gasteiger partial charge in [-0.25, -0.2) is 0 Å². The molecule has 0 radical (unpaired) electrons. The lowest BCUT2D eigenvalue weighted by Crippen LogP contribution is -2.36. The Balaban J connectivity index is 2.30. The molecule has 1 heterocycles. The summed E-state index contributed by atoms with van der Waals surface area (Å²) in [6.07, 6.45) is 0.882. The molecule has 2 N–H and O–H groups in total. The molecule has 3 heteroatoms. The zero-order chi connectivity index (χ0) is 12.4. The van der Waals surface area contributed by atoms with Gasteiger partial charge in [0.05, 0.1) is 6.04 Å². The maximum Gasteiger partial charge on any atom is 0.214 e. The normalized spacial score (nSPS) is 14.8. The van der Waals surface area contributed by atoms with Gasteiger partial charge in [0.15, 0.2) is 5.76 Å². The van der Waals surface area contributed by atoms with Gasteiger partial charge in [-0.2, -0.15) is 0 Å². The summed E-state index contributed by atoms with van der Waals surface area (Å²) in [6, 6.07) is 8.85. The number of benzene rings is 1. The first-order valence-corrected chi connectivity index (χ1v) is 5.92. The van der Waals surface area contributed by atoms with Gasteiger partial charge in [0, 0.05) is 5.39 Å². The molecule has 3 nitrogen and oxygen atoms in total. The van der Waals surface area contributed by atoms with E-state index in [1.54, 1.807) is 6.07 Å². The summed E-state index contributed by atoms with van der Waals surface area (Å²) in [5.74, 6) is 0.408. The van der Waals surface area contributed by atoms with Crippen LogP contribution in [0.5, 0.6) is 0 Å². The van der Waals surface area contributed by atoms with Crippen molar-refractivity contribution in [1.29, 1.82) is 0 Å². The van der Waals surface area contributed by atoms with Crippen molar-refractivity contribution in [3.05, 3.63) is 36.1 Å². The minimum atomic E-state index is -0.486. The zero-order valence-corrected chi connectivity index (χ0v) is 10.1. The van der Waals surface area contributed by atoms with Crippen molar-refractivity contribution in [2.75, 3.05) is 0 Å². The average Bonchev–Trinajstić information content (AvgIpc) is 2.79. The summed E-state index contributed by atoms with van der Waals surface area (Å²) in [6.45, 7) is 4.00. The van der Waals surface area contributed by atoms with Crippen molar-refractivity contribution < 1.29 is 9.21 Å². The monoisotopic (exact) mass is 231 g/mol. The maximum absolute atomic E-state index is 12.1. The van der Waals surface area contributed by atoms with E-state index < -0.39 is 6.04 Å². The van der Waals surface area contributed by atoms with Crippen LogP contribution in [-0.2, 0) is 0 Å². The van der Waals surface area contributed by atoms with Gasteiger partial charge in [0.2, 0.25) is 5.78 Å². The molecule has 17 heavy (non-hydrogen) atoms. The fraction of sp³-hybridized carbons (Fsp3) is 0.357. The van der Waals surface area contributed by atoms with E-state index in [-0.39, 0.29) is 11.7 Å². The highest BCUT2D eigenvalue weighted by atomic mass is 16.3. The molecule has 0 aliphatic carbocycles. The molecule has 0 amide bonds. The number of nitrogens with two attached hydrogens (primary N) is 1. The molecular formula is C14H17NO2. The van der Waals surface area contributed by atoms with E-state index in [1.165, 1.54) is 0 Å². The van der Waals surface area contributed by atoms with Crippen molar-refractivity contribution in [2.24, 2.45) is 11.7 Å². The largest absolute Gasteiger partial charge is 0.453 e. The van der Waals surface area contributed by atoms with Crippen LogP contribution in [0.25, 0.3) is 11.0 Å². The fourth-order valence-corrected chi connectivity index (χ4v) is 1.78. The number of carbonyl (C=O) groups is 1.